The van der Waals surface area contributed by atoms with Crippen LogP contribution in [0.1, 0.15) is 73.2 Å². The Balaban J connectivity index is 1.37. The molecule has 0 saturated carbocycles. The van der Waals surface area contributed by atoms with Gasteiger partial charge in [0.25, 0.3) is 0 Å². The summed E-state index contributed by atoms with van der Waals surface area (Å²) >= 11 is 1.56. The predicted octanol–water partition coefficient (Wildman–Crippen LogP) is 8.39. The zero-order valence-corrected chi connectivity index (χ0v) is 24.9. The van der Waals surface area contributed by atoms with Gasteiger partial charge in [-0.05, 0) is 54.6 Å². The van der Waals surface area contributed by atoms with Gasteiger partial charge in [0.2, 0.25) is 0 Å². The van der Waals surface area contributed by atoms with Crippen LogP contribution >= 0.6 is 11.3 Å². The largest absolute Gasteiger partial charge is 0.480 e. The van der Waals surface area contributed by atoms with E-state index in [1.165, 1.54) is 36.8 Å². The van der Waals surface area contributed by atoms with Crippen LogP contribution in [0.2, 0.25) is 0 Å². The van der Waals surface area contributed by atoms with Gasteiger partial charge in [-0.1, -0.05) is 93.4 Å². The Morgan fingerprint density at radius 2 is 1.50 bits per heavy atom. The normalized spacial score (nSPS) is 12.2. The SMILES string of the molecule is CCCC(CCC)c1ccc(CN(C)c2ccc(-c3csc(CN(C)C(C(=O)O)c4ccccc4)n3)cc2)cc1. The Bertz CT molecular complexity index is 1330. The van der Waals surface area contributed by atoms with Crippen molar-refractivity contribution >= 4 is 23.0 Å². The van der Waals surface area contributed by atoms with E-state index in [2.05, 4.69) is 74.3 Å². The molecule has 4 rings (SSSR count). The molecule has 0 spiro atoms. The van der Waals surface area contributed by atoms with Crippen LogP contribution in [0.15, 0.2) is 84.2 Å². The molecular formula is C34H41N3O2S. The average molecular weight is 556 g/mol. The van der Waals surface area contributed by atoms with Crippen molar-refractivity contribution in [2.75, 3.05) is 19.0 Å². The number of carboxylic acids is 1. The van der Waals surface area contributed by atoms with Crippen LogP contribution in [0.3, 0.4) is 0 Å². The second-order valence-corrected chi connectivity index (χ2v) is 11.6. The van der Waals surface area contributed by atoms with E-state index in [1.54, 1.807) is 11.3 Å². The number of nitrogens with zero attached hydrogens (tertiary/aromatic N) is 3. The summed E-state index contributed by atoms with van der Waals surface area (Å²) in [7, 11) is 3.96. The van der Waals surface area contributed by atoms with Crippen LogP contribution < -0.4 is 4.90 Å². The van der Waals surface area contributed by atoms with E-state index in [9.17, 15) is 9.90 Å². The number of likely N-dealkylation sites (N-methyl/N-ethyl adjacent to an activating group) is 1. The van der Waals surface area contributed by atoms with E-state index in [-0.39, 0.29) is 0 Å². The monoisotopic (exact) mass is 555 g/mol. The van der Waals surface area contributed by atoms with E-state index in [4.69, 9.17) is 4.98 Å². The molecule has 1 N–H and O–H groups in total. The molecule has 0 saturated heterocycles. The number of aliphatic carboxylic acids is 1. The van der Waals surface area contributed by atoms with E-state index in [0.717, 1.165) is 34.1 Å². The van der Waals surface area contributed by atoms with Gasteiger partial charge in [0, 0.05) is 30.2 Å². The smallest absolute Gasteiger partial charge is 0.325 e. The number of anilines is 1. The minimum absolute atomic E-state index is 0.466. The summed E-state index contributed by atoms with van der Waals surface area (Å²) in [5.74, 6) is -0.193. The number of hydrogen-bond donors (Lipinski definition) is 1. The topological polar surface area (TPSA) is 56.7 Å². The molecule has 0 radical (unpaired) electrons. The van der Waals surface area contributed by atoms with Gasteiger partial charge >= 0.3 is 5.97 Å². The van der Waals surface area contributed by atoms with Crippen molar-refractivity contribution < 1.29 is 9.90 Å². The number of carbonyl (C=O) groups is 1. The van der Waals surface area contributed by atoms with Gasteiger partial charge in [0.15, 0.2) is 0 Å². The maximum Gasteiger partial charge on any atom is 0.325 e. The summed E-state index contributed by atoms with van der Waals surface area (Å²) < 4.78 is 0. The lowest BCUT2D eigenvalue weighted by molar-refractivity contribution is -0.143. The van der Waals surface area contributed by atoms with Gasteiger partial charge in [0.1, 0.15) is 11.0 Å². The lowest BCUT2D eigenvalue weighted by atomic mass is 9.90. The minimum Gasteiger partial charge on any atom is -0.480 e. The van der Waals surface area contributed by atoms with Crippen molar-refractivity contribution in [3.63, 3.8) is 0 Å². The summed E-state index contributed by atoms with van der Waals surface area (Å²) in [5.41, 5.74) is 6.67. The Hall–Kier alpha value is -3.48. The van der Waals surface area contributed by atoms with Gasteiger partial charge in [-0.2, -0.15) is 0 Å². The Labute approximate surface area is 243 Å². The molecule has 5 nitrogen and oxygen atoms in total. The van der Waals surface area contributed by atoms with Crippen molar-refractivity contribution in [1.82, 2.24) is 9.88 Å². The van der Waals surface area contributed by atoms with Crippen LogP contribution in [0, 0.1) is 0 Å². The molecule has 3 aromatic carbocycles. The lowest BCUT2D eigenvalue weighted by Crippen LogP contribution is -2.30. The molecule has 1 aromatic heterocycles. The summed E-state index contributed by atoms with van der Waals surface area (Å²) in [6.45, 7) is 5.86. The average Bonchev–Trinajstić information content (AvgIpc) is 3.42. The molecule has 0 aliphatic rings. The van der Waals surface area contributed by atoms with Gasteiger partial charge in [-0.3, -0.25) is 9.69 Å². The number of hydrogen-bond acceptors (Lipinski definition) is 5. The fraction of sp³-hybridized carbons (Fsp3) is 0.353. The summed E-state index contributed by atoms with van der Waals surface area (Å²) in [5, 5.41) is 12.8. The van der Waals surface area contributed by atoms with E-state index >= 15 is 0 Å². The highest BCUT2D eigenvalue weighted by molar-refractivity contribution is 7.09. The third kappa shape index (κ3) is 7.58. The molecule has 1 atom stereocenters. The number of rotatable bonds is 14. The van der Waals surface area contributed by atoms with Gasteiger partial charge in [-0.25, -0.2) is 4.98 Å². The zero-order valence-electron chi connectivity index (χ0n) is 24.1. The fourth-order valence-electron chi connectivity index (χ4n) is 5.36. The predicted molar refractivity (Wildman–Crippen MR) is 167 cm³/mol. The molecule has 6 heteroatoms. The van der Waals surface area contributed by atoms with Crippen molar-refractivity contribution in [1.29, 1.82) is 0 Å². The first kappa shape index (κ1) is 29.5. The number of benzene rings is 3. The van der Waals surface area contributed by atoms with Crippen molar-refractivity contribution in [3.05, 3.63) is 106 Å². The van der Waals surface area contributed by atoms with Gasteiger partial charge in [-0.15, -0.1) is 11.3 Å². The molecule has 0 bridgehead atoms. The van der Waals surface area contributed by atoms with Crippen molar-refractivity contribution in [3.8, 4) is 11.3 Å². The molecule has 40 heavy (non-hydrogen) atoms. The summed E-state index contributed by atoms with van der Waals surface area (Å²) in [6, 6.07) is 26.3. The summed E-state index contributed by atoms with van der Waals surface area (Å²) in [4.78, 5) is 20.9. The molecule has 0 fully saturated rings. The van der Waals surface area contributed by atoms with Gasteiger partial charge in [0.05, 0.1) is 12.2 Å². The van der Waals surface area contributed by atoms with E-state index < -0.39 is 12.0 Å². The van der Waals surface area contributed by atoms with Crippen LogP contribution in [0.5, 0.6) is 0 Å². The fourth-order valence-corrected chi connectivity index (χ4v) is 6.23. The maximum absolute atomic E-state index is 12.0. The standard InChI is InChI=1S/C34H41N3O2S/c1-5-10-26(11-6-2)27-16-14-25(15-17-27)22-36(3)30-20-18-28(19-21-30)31-24-40-32(35-31)23-37(4)33(34(38)39)29-12-8-7-9-13-29/h7-9,12-21,24,26,33H,5-6,10-11,22-23H2,1-4H3,(H,38,39). The van der Waals surface area contributed by atoms with Crippen LogP contribution in [0.25, 0.3) is 11.3 Å². The molecule has 1 heterocycles. The van der Waals surface area contributed by atoms with Crippen molar-refractivity contribution in [2.24, 2.45) is 0 Å². The zero-order chi connectivity index (χ0) is 28.5. The second-order valence-electron chi connectivity index (χ2n) is 10.6. The molecule has 0 aliphatic heterocycles. The third-order valence-electron chi connectivity index (χ3n) is 7.48. The Morgan fingerprint density at radius 1 is 0.850 bits per heavy atom. The lowest BCUT2D eigenvalue weighted by Gasteiger charge is -2.24. The van der Waals surface area contributed by atoms with Crippen LogP contribution in [-0.4, -0.2) is 35.1 Å². The molecule has 4 aromatic rings. The summed E-state index contributed by atoms with van der Waals surface area (Å²) in [6.07, 6.45) is 4.97. The second kappa shape index (κ2) is 14.2. The Kier molecular flexibility index (Phi) is 10.5. The van der Waals surface area contributed by atoms with Crippen molar-refractivity contribution in [2.45, 2.75) is 64.6 Å². The van der Waals surface area contributed by atoms with Crippen LogP contribution in [-0.2, 0) is 17.9 Å². The highest BCUT2D eigenvalue weighted by Crippen LogP contribution is 2.29. The molecular weight excluding hydrogens is 514 g/mol. The van der Waals surface area contributed by atoms with E-state index in [0.29, 0.717) is 12.5 Å². The first-order valence-electron chi connectivity index (χ1n) is 14.2. The number of carboxylic acid groups (broad SMARTS) is 1. The van der Waals surface area contributed by atoms with Gasteiger partial charge < -0.3 is 10.0 Å². The molecule has 0 aliphatic carbocycles. The van der Waals surface area contributed by atoms with E-state index in [1.807, 2.05) is 47.7 Å². The van der Waals surface area contributed by atoms with Crippen LogP contribution in [0.4, 0.5) is 5.69 Å². The highest BCUT2D eigenvalue weighted by Gasteiger charge is 2.25. The first-order chi connectivity index (χ1) is 19.4. The molecule has 0 amide bonds. The Morgan fingerprint density at radius 3 is 2.10 bits per heavy atom. The maximum atomic E-state index is 12.0. The molecule has 1 unspecified atom stereocenters. The number of aromatic nitrogens is 1. The first-order valence-corrected chi connectivity index (χ1v) is 15.1. The molecule has 210 valence electrons. The number of thiazole rings is 1. The third-order valence-corrected chi connectivity index (χ3v) is 8.31. The highest BCUT2D eigenvalue weighted by atomic mass is 32.1. The minimum atomic E-state index is -0.863. The quantitative estimate of drug-likeness (QED) is 0.169.